The Balaban J connectivity index is 2.59. The van der Waals surface area contributed by atoms with Gasteiger partial charge in [-0.25, -0.2) is 0 Å². The lowest BCUT2D eigenvalue weighted by atomic mass is 9.85. The van der Waals surface area contributed by atoms with E-state index in [2.05, 4.69) is 4.65 Å². The Morgan fingerprint density at radius 3 is 2.31 bits per heavy atom. The van der Waals surface area contributed by atoms with Gasteiger partial charge < -0.3 is 24.7 Å². The summed E-state index contributed by atoms with van der Waals surface area (Å²) >= 11 is 0. The van der Waals surface area contributed by atoms with E-state index in [1.165, 1.54) is 0 Å². The third-order valence-electron chi connectivity index (χ3n) is 2.01. The molecule has 0 aromatic carbocycles. The first kappa shape index (κ1) is 11.0. The molecule has 1 aliphatic rings. The van der Waals surface area contributed by atoms with Crippen molar-refractivity contribution in [1.82, 2.24) is 0 Å². The van der Waals surface area contributed by atoms with Crippen molar-refractivity contribution in [1.29, 1.82) is 0 Å². The summed E-state index contributed by atoms with van der Waals surface area (Å²) in [6.45, 7) is -0.0986. The number of aliphatic hydroxyl groups excluding tert-OH is 3. The van der Waals surface area contributed by atoms with Gasteiger partial charge in [-0.2, -0.15) is 0 Å². The Morgan fingerprint density at radius 2 is 1.77 bits per heavy atom. The van der Waals surface area contributed by atoms with E-state index in [9.17, 15) is 15.3 Å². The van der Waals surface area contributed by atoms with Crippen molar-refractivity contribution in [2.24, 2.45) is 0 Å². The molecule has 1 fully saturated rings. The van der Waals surface area contributed by atoms with E-state index in [0.717, 1.165) is 0 Å². The number of hydrogen-bond acceptors (Lipinski definition) is 5. The average molecular weight is 184 g/mol. The summed E-state index contributed by atoms with van der Waals surface area (Å²) in [5, 5.41) is 27.8. The Morgan fingerprint density at radius 1 is 1.15 bits per heavy atom. The second kappa shape index (κ2) is 4.43. The molecule has 1 rings (SSSR count). The third-order valence-corrected chi connectivity index (χ3v) is 2.01. The van der Waals surface area contributed by atoms with Crippen molar-refractivity contribution >= 4 is 15.9 Å². The Labute approximate surface area is 78.5 Å². The maximum Gasteiger partial charge on any atom is 0.282 e. The molecule has 0 saturated carbocycles. The van der Waals surface area contributed by atoms with Crippen molar-refractivity contribution in [3.8, 4) is 0 Å². The molecule has 0 amide bonds. The van der Waals surface area contributed by atoms with Crippen LogP contribution in [0.5, 0.6) is 0 Å². The van der Waals surface area contributed by atoms with Gasteiger partial charge in [-0.15, -0.1) is 0 Å². The number of rotatable bonds is 2. The van der Waals surface area contributed by atoms with Gasteiger partial charge in [-0.1, -0.05) is 0 Å². The Bertz CT molecular complexity index is 169. The topological polar surface area (TPSA) is 79.2 Å². The minimum absolute atomic E-state index is 0.0986. The molecule has 0 aromatic heterocycles. The fourth-order valence-electron chi connectivity index (χ4n) is 1.21. The molecule has 70 valence electrons. The Hall–Kier alpha value is -0.0701. The lowest BCUT2D eigenvalue weighted by Crippen LogP contribution is -2.58. The second-order valence-electron chi connectivity index (χ2n) is 2.94. The molecule has 0 unspecified atom stereocenters. The summed E-state index contributed by atoms with van der Waals surface area (Å²) in [6.07, 6.45) is -4.72. The molecule has 1 heterocycles. The van der Waals surface area contributed by atoms with Crippen molar-refractivity contribution in [2.45, 2.75) is 30.4 Å². The largest absolute Gasteiger partial charge is 0.445 e. The van der Waals surface area contributed by atoms with Crippen LogP contribution in [0.25, 0.3) is 0 Å². The molecule has 7 heteroatoms. The third kappa shape index (κ3) is 2.24. The Kier molecular flexibility index (Phi) is 3.75. The zero-order chi connectivity index (χ0) is 10.0. The highest BCUT2D eigenvalue weighted by Gasteiger charge is 2.40. The van der Waals surface area contributed by atoms with Crippen molar-refractivity contribution in [3.05, 3.63) is 0 Å². The lowest BCUT2D eigenvalue weighted by molar-refractivity contribution is -0.206. The minimum atomic E-state index is -1.34. The van der Waals surface area contributed by atoms with Gasteiger partial charge in [0.15, 0.2) is 0 Å². The van der Waals surface area contributed by atoms with E-state index in [1.54, 1.807) is 0 Å². The van der Waals surface area contributed by atoms with Gasteiger partial charge in [-0.3, -0.25) is 0 Å². The van der Waals surface area contributed by atoms with Crippen molar-refractivity contribution in [2.75, 3.05) is 6.61 Å². The first-order chi connectivity index (χ1) is 6.07. The zero-order valence-electron chi connectivity index (χ0n) is 6.91. The van der Waals surface area contributed by atoms with Gasteiger partial charge in [0, 0.05) is 6.00 Å². The van der Waals surface area contributed by atoms with E-state index in [0.29, 0.717) is 0 Å². The summed E-state index contributed by atoms with van der Waals surface area (Å²) in [5.41, 5.74) is 0. The predicted octanol–water partition coefficient (Wildman–Crippen LogP) is -2.94. The summed E-state index contributed by atoms with van der Waals surface area (Å²) in [5.74, 6) is 0. The van der Waals surface area contributed by atoms with Crippen LogP contribution in [-0.4, -0.2) is 68.2 Å². The fraction of sp³-hybridized carbons (Fsp3) is 1.00. The van der Waals surface area contributed by atoms with Crippen LogP contribution in [0.2, 0.25) is 0 Å². The van der Waals surface area contributed by atoms with Crippen LogP contribution in [0, 0.1) is 0 Å². The summed E-state index contributed by atoms with van der Waals surface area (Å²) in [7, 11) is 10.1. The number of hydrogen-bond donors (Lipinski definition) is 3. The molecule has 0 aromatic rings. The molecule has 13 heavy (non-hydrogen) atoms. The lowest BCUT2D eigenvalue weighted by Gasteiger charge is -2.39. The fourth-order valence-corrected chi connectivity index (χ4v) is 1.21. The zero-order valence-corrected chi connectivity index (χ0v) is 6.91. The highest BCUT2D eigenvalue weighted by Crippen LogP contribution is 2.19. The van der Waals surface area contributed by atoms with Crippen LogP contribution in [0.15, 0.2) is 0 Å². The molecule has 1 saturated heterocycles. The van der Waals surface area contributed by atoms with Gasteiger partial charge in [0.25, 0.3) is 8.05 Å². The van der Waals surface area contributed by atoms with Gasteiger partial charge in [0.2, 0.25) is 0 Å². The van der Waals surface area contributed by atoms with Gasteiger partial charge in [0.1, 0.15) is 26.2 Å². The molecule has 0 spiro atoms. The highest BCUT2D eigenvalue weighted by molar-refractivity contribution is 6.11. The molecule has 1 aliphatic heterocycles. The monoisotopic (exact) mass is 184 g/mol. The van der Waals surface area contributed by atoms with E-state index >= 15 is 0 Å². The standard InChI is InChI=1S/C6H10B2O5/c7-6-5(11)4(10)3(9)2(13-6)1-12-8/h2-6,9-11H,1H2/t2-,3-,4+,5-,6-/m1/s1. The van der Waals surface area contributed by atoms with Gasteiger partial charge >= 0.3 is 0 Å². The molecule has 4 radical (unpaired) electrons. The maximum atomic E-state index is 9.33. The highest BCUT2D eigenvalue weighted by atomic mass is 16.6. The first-order valence-electron chi connectivity index (χ1n) is 3.85. The van der Waals surface area contributed by atoms with Crippen LogP contribution >= 0.6 is 0 Å². The van der Waals surface area contributed by atoms with E-state index in [-0.39, 0.29) is 6.61 Å². The van der Waals surface area contributed by atoms with Crippen molar-refractivity contribution in [3.63, 3.8) is 0 Å². The summed E-state index contributed by atoms with van der Waals surface area (Å²) < 4.78 is 9.18. The van der Waals surface area contributed by atoms with Crippen LogP contribution < -0.4 is 0 Å². The predicted molar refractivity (Wildman–Crippen MR) is 44.1 cm³/mol. The second-order valence-corrected chi connectivity index (χ2v) is 2.94. The number of aliphatic hydroxyl groups is 3. The molecule has 3 N–H and O–H groups in total. The molecular weight excluding hydrogens is 174 g/mol. The molecule has 0 aliphatic carbocycles. The van der Waals surface area contributed by atoms with E-state index < -0.39 is 30.4 Å². The van der Waals surface area contributed by atoms with Crippen molar-refractivity contribution < 1.29 is 24.7 Å². The quantitative estimate of drug-likeness (QED) is 0.400. The van der Waals surface area contributed by atoms with Gasteiger partial charge in [-0.05, 0) is 0 Å². The van der Waals surface area contributed by atoms with E-state index in [1.807, 2.05) is 0 Å². The van der Waals surface area contributed by atoms with Gasteiger partial charge in [0.05, 0.1) is 12.7 Å². The maximum absolute atomic E-state index is 9.33. The average Bonchev–Trinajstić information content (AvgIpc) is 2.11. The van der Waals surface area contributed by atoms with Crippen LogP contribution in [0.4, 0.5) is 0 Å². The molecule has 0 bridgehead atoms. The summed E-state index contributed by atoms with van der Waals surface area (Å²) in [4.78, 5) is 0. The molecule has 5 atom stereocenters. The first-order valence-corrected chi connectivity index (χ1v) is 3.85. The van der Waals surface area contributed by atoms with Crippen LogP contribution in [0.3, 0.4) is 0 Å². The van der Waals surface area contributed by atoms with Crippen LogP contribution in [0.1, 0.15) is 0 Å². The minimum Gasteiger partial charge on any atom is -0.445 e. The summed E-state index contributed by atoms with van der Waals surface area (Å²) in [6, 6.07) is -1.04. The van der Waals surface area contributed by atoms with Crippen LogP contribution in [-0.2, 0) is 9.39 Å². The smallest absolute Gasteiger partial charge is 0.282 e. The number of ether oxygens (including phenoxy) is 1. The molecule has 5 nitrogen and oxygen atoms in total. The molecular formula is C6H10B2O5. The van der Waals surface area contributed by atoms with E-state index in [4.69, 9.17) is 20.6 Å². The SMILES string of the molecule is [B]OC[C@H]1O[C@@H]([B])[C@H](O)[C@@H](O)[C@@H]1O. The normalized spacial score (nSPS) is 46.2.